The van der Waals surface area contributed by atoms with Crippen molar-refractivity contribution in [2.45, 2.75) is 25.0 Å². The second-order valence-electron chi connectivity index (χ2n) is 4.90. The van der Waals surface area contributed by atoms with Crippen LogP contribution in [-0.2, 0) is 14.3 Å². The lowest BCUT2D eigenvalue weighted by Crippen LogP contribution is -2.66. The Hall–Kier alpha value is -0.650. The zero-order valence-corrected chi connectivity index (χ0v) is 9.86. The summed E-state index contributed by atoms with van der Waals surface area (Å²) in [7, 11) is 3.24. The van der Waals surface area contributed by atoms with Gasteiger partial charge in [-0.25, -0.2) is 0 Å². The first-order chi connectivity index (χ1) is 7.56. The van der Waals surface area contributed by atoms with Crippen molar-refractivity contribution < 1.29 is 19.4 Å². The Labute approximate surface area is 95.3 Å². The van der Waals surface area contributed by atoms with Gasteiger partial charge in [-0.15, -0.1) is 0 Å². The molecule has 2 aliphatic rings. The molecule has 16 heavy (non-hydrogen) atoms. The molecule has 0 aromatic heterocycles. The van der Waals surface area contributed by atoms with Gasteiger partial charge in [0.1, 0.15) is 0 Å². The quantitative estimate of drug-likeness (QED) is 0.697. The van der Waals surface area contributed by atoms with E-state index in [2.05, 4.69) is 4.90 Å². The number of hydrogen-bond acceptors (Lipinski definition) is 4. The zero-order valence-electron chi connectivity index (χ0n) is 9.86. The van der Waals surface area contributed by atoms with Crippen molar-refractivity contribution in [1.29, 1.82) is 0 Å². The first-order valence-electron chi connectivity index (χ1n) is 5.62. The largest absolute Gasteiger partial charge is 0.481 e. The average molecular weight is 229 g/mol. The van der Waals surface area contributed by atoms with E-state index in [0.717, 1.165) is 19.3 Å². The molecule has 1 saturated heterocycles. The van der Waals surface area contributed by atoms with Crippen molar-refractivity contribution in [2.24, 2.45) is 5.41 Å². The monoisotopic (exact) mass is 229 g/mol. The first-order valence-corrected chi connectivity index (χ1v) is 5.62. The number of aliphatic carboxylic acids is 1. The highest BCUT2D eigenvalue weighted by Crippen LogP contribution is 2.43. The second-order valence-corrected chi connectivity index (χ2v) is 4.90. The fourth-order valence-corrected chi connectivity index (χ4v) is 2.56. The van der Waals surface area contributed by atoms with Gasteiger partial charge in [-0.1, -0.05) is 6.42 Å². The Morgan fingerprint density at radius 1 is 1.31 bits per heavy atom. The lowest BCUT2D eigenvalue weighted by Gasteiger charge is -2.51. The standard InChI is InChI=1S/C11H19NO4/c1-15-11(16-2)7-12(8-11)6-10(9(13)14)4-3-5-10/h3-8H2,1-2H3,(H,13,14). The minimum Gasteiger partial charge on any atom is -0.481 e. The van der Waals surface area contributed by atoms with Crippen LogP contribution in [0.15, 0.2) is 0 Å². The molecule has 92 valence electrons. The van der Waals surface area contributed by atoms with Crippen molar-refractivity contribution in [2.75, 3.05) is 33.9 Å². The topological polar surface area (TPSA) is 59.0 Å². The molecule has 1 heterocycles. The molecule has 1 saturated carbocycles. The third-order valence-electron chi connectivity index (χ3n) is 3.96. The molecular weight excluding hydrogens is 210 g/mol. The van der Waals surface area contributed by atoms with Crippen LogP contribution < -0.4 is 0 Å². The molecule has 0 amide bonds. The van der Waals surface area contributed by atoms with Gasteiger partial charge in [-0.2, -0.15) is 0 Å². The predicted octanol–water partition coefficient (Wildman–Crippen LogP) is 0.546. The third kappa shape index (κ3) is 1.73. The SMILES string of the molecule is COC1(OC)CN(CC2(C(=O)O)CCC2)C1. The Balaban J connectivity index is 1.87. The minimum absolute atomic E-state index is 0.506. The number of carbonyl (C=O) groups is 1. The van der Waals surface area contributed by atoms with Gasteiger partial charge in [-0.05, 0) is 12.8 Å². The summed E-state index contributed by atoms with van der Waals surface area (Å²) in [5.74, 6) is -1.17. The third-order valence-corrected chi connectivity index (χ3v) is 3.96. The second kappa shape index (κ2) is 3.98. The lowest BCUT2D eigenvalue weighted by molar-refractivity contribution is -0.280. The van der Waals surface area contributed by atoms with Gasteiger partial charge < -0.3 is 14.6 Å². The minimum atomic E-state index is -0.661. The highest BCUT2D eigenvalue weighted by Gasteiger charge is 2.51. The van der Waals surface area contributed by atoms with Gasteiger partial charge in [0, 0.05) is 20.8 Å². The van der Waals surface area contributed by atoms with E-state index in [9.17, 15) is 9.90 Å². The van der Waals surface area contributed by atoms with Gasteiger partial charge in [0.05, 0.1) is 18.5 Å². The van der Waals surface area contributed by atoms with E-state index in [-0.39, 0.29) is 0 Å². The summed E-state index contributed by atoms with van der Waals surface area (Å²) < 4.78 is 10.5. The number of likely N-dealkylation sites (tertiary alicyclic amines) is 1. The van der Waals surface area contributed by atoms with Gasteiger partial charge in [0.25, 0.3) is 0 Å². The maximum Gasteiger partial charge on any atom is 0.310 e. The summed E-state index contributed by atoms with van der Waals surface area (Å²) in [5.41, 5.74) is -0.506. The van der Waals surface area contributed by atoms with Gasteiger partial charge in [0.2, 0.25) is 0 Å². The molecule has 0 spiro atoms. The molecule has 1 aliphatic heterocycles. The molecule has 1 aliphatic carbocycles. The Morgan fingerprint density at radius 2 is 1.88 bits per heavy atom. The van der Waals surface area contributed by atoms with Crippen LogP contribution in [0.25, 0.3) is 0 Å². The molecule has 0 aromatic carbocycles. The fourth-order valence-electron chi connectivity index (χ4n) is 2.56. The summed E-state index contributed by atoms with van der Waals surface area (Å²) in [6.07, 6.45) is 2.62. The van der Waals surface area contributed by atoms with Crippen molar-refractivity contribution in [3.8, 4) is 0 Å². The summed E-state index contributed by atoms with van der Waals surface area (Å²) in [5, 5.41) is 9.21. The van der Waals surface area contributed by atoms with Crippen molar-refractivity contribution >= 4 is 5.97 Å². The van der Waals surface area contributed by atoms with Crippen LogP contribution in [0.2, 0.25) is 0 Å². The van der Waals surface area contributed by atoms with Crippen LogP contribution in [0, 0.1) is 5.41 Å². The first kappa shape index (κ1) is 11.8. The van der Waals surface area contributed by atoms with Gasteiger partial charge in [-0.3, -0.25) is 9.69 Å². The molecule has 5 nitrogen and oxygen atoms in total. The van der Waals surface area contributed by atoms with Crippen LogP contribution in [0.3, 0.4) is 0 Å². The smallest absolute Gasteiger partial charge is 0.310 e. The van der Waals surface area contributed by atoms with Crippen LogP contribution in [0.1, 0.15) is 19.3 Å². The van der Waals surface area contributed by atoms with Crippen molar-refractivity contribution in [1.82, 2.24) is 4.90 Å². The molecule has 2 rings (SSSR count). The van der Waals surface area contributed by atoms with Gasteiger partial charge in [0.15, 0.2) is 5.79 Å². The van der Waals surface area contributed by atoms with Crippen molar-refractivity contribution in [3.63, 3.8) is 0 Å². The molecule has 2 fully saturated rings. The van der Waals surface area contributed by atoms with Crippen molar-refractivity contribution in [3.05, 3.63) is 0 Å². The van der Waals surface area contributed by atoms with E-state index < -0.39 is 17.2 Å². The van der Waals surface area contributed by atoms with E-state index in [1.54, 1.807) is 14.2 Å². The number of carboxylic acid groups (broad SMARTS) is 1. The molecule has 0 radical (unpaired) electrons. The number of ether oxygens (including phenoxy) is 2. The maximum absolute atomic E-state index is 11.2. The summed E-state index contributed by atoms with van der Waals surface area (Å²) in [6.45, 7) is 1.95. The number of carboxylic acids is 1. The molecule has 0 aromatic rings. The van der Waals surface area contributed by atoms with E-state index in [1.165, 1.54) is 0 Å². The number of rotatable bonds is 5. The average Bonchev–Trinajstić information content (AvgIpc) is 2.14. The fraction of sp³-hybridized carbons (Fsp3) is 0.909. The molecule has 1 N–H and O–H groups in total. The normalized spacial score (nSPS) is 26.9. The van der Waals surface area contributed by atoms with E-state index in [1.807, 2.05) is 0 Å². The highest BCUT2D eigenvalue weighted by molar-refractivity contribution is 5.76. The van der Waals surface area contributed by atoms with Crippen LogP contribution in [0.4, 0.5) is 0 Å². The summed E-state index contributed by atoms with van der Waals surface area (Å²) >= 11 is 0. The Kier molecular flexibility index (Phi) is 2.94. The summed E-state index contributed by atoms with van der Waals surface area (Å²) in [6, 6.07) is 0. The molecule has 0 unspecified atom stereocenters. The zero-order chi connectivity index (χ0) is 11.8. The van der Waals surface area contributed by atoms with Crippen LogP contribution >= 0.6 is 0 Å². The van der Waals surface area contributed by atoms with E-state index in [0.29, 0.717) is 19.6 Å². The Bertz CT molecular complexity index is 276. The molecule has 0 atom stereocenters. The van der Waals surface area contributed by atoms with Gasteiger partial charge >= 0.3 is 5.97 Å². The molecule has 0 bridgehead atoms. The molecular formula is C11H19NO4. The van der Waals surface area contributed by atoms with E-state index in [4.69, 9.17) is 9.47 Å². The number of hydrogen-bond donors (Lipinski definition) is 1. The summed E-state index contributed by atoms with van der Waals surface area (Å²) in [4.78, 5) is 13.3. The predicted molar refractivity (Wildman–Crippen MR) is 57.1 cm³/mol. The van der Waals surface area contributed by atoms with Crippen LogP contribution in [0.5, 0.6) is 0 Å². The Morgan fingerprint density at radius 3 is 2.19 bits per heavy atom. The maximum atomic E-state index is 11.2. The lowest BCUT2D eigenvalue weighted by atomic mass is 9.68. The highest BCUT2D eigenvalue weighted by atomic mass is 16.7. The number of nitrogens with zero attached hydrogens (tertiary/aromatic N) is 1. The number of methoxy groups -OCH3 is 2. The van der Waals surface area contributed by atoms with E-state index >= 15 is 0 Å². The molecule has 5 heteroatoms. The van der Waals surface area contributed by atoms with Crippen LogP contribution in [-0.4, -0.2) is 55.6 Å².